The number of allylic oxidation sites excluding steroid dienone is 23. The van der Waals surface area contributed by atoms with Crippen LogP contribution in [-0.4, -0.2) is 37.2 Å². The molecule has 6 nitrogen and oxygen atoms in total. The summed E-state index contributed by atoms with van der Waals surface area (Å²) in [5, 5.41) is 0. The van der Waals surface area contributed by atoms with Crippen LogP contribution in [0.4, 0.5) is 0 Å². The Morgan fingerprint density at radius 1 is 0.268 bits per heavy atom. The number of rotatable bonds is 60. The SMILES string of the molecule is CC/C=C\C/C=C\C/C=C\C/C=C\C/C=C\C/C=C\CCCCCCCCCCCCCCCCCCC(=O)OCC(COC(=O)CCCCCCC/C=C\CCCCCCC)OC(=O)C/C=C\C/C=C\C/C=C\C/C=C\C/C=C\CC. The quantitative estimate of drug-likeness (QED) is 0.0261. The highest BCUT2D eigenvalue weighted by atomic mass is 16.6. The van der Waals surface area contributed by atoms with Gasteiger partial charge in [-0.3, -0.25) is 14.4 Å². The van der Waals surface area contributed by atoms with E-state index in [2.05, 4.69) is 154 Å². The zero-order valence-corrected chi connectivity index (χ0v) is 53.2. The van der Waals surface area contributed by atoms with Gasteiger partial charge in [0.15, 0.2) is 6.10 Å². The second-order valence-corrected chi connectivity index (χ2v) is 22.0. The van der Waals surface area contributed by atoms with E-state index in [1.54, 1.807) is 6.08 Å². The topological polar surface area (TPSA) is 78.9 Å². The van der Waals surface area contributed by atoms with Crippen LogP contribution in [0.5, 0.6) is 0 Å². The Bertz CT molecular complexity index is 1780. The molecule has 0 aliphatic rings. The van der Waals surface area contributed by atoms with Crippen LogP contribution < -0.4 is 0 Å². The van der Waals surface area contributed by atoms with Gasteiger partial charge in [0, 0.05) is 12.8 Å². The molecule has 0 aliphatic heterocycles. The summed E-state index contributed by atoms with van der Waals surface area (Å²) in [6.07, 6.45) is 99.0. The van der Waals surface area contributed by atoms with Gasteiger partial charge in [0.1, 0.15) is 13.2 Å². The Hall–Kier alpha value is -4.71. The van der Waals surface area contributed by atoms with Gasteiger partial charge in [-0.05, 0) is 122 Å². The van der Waals surface area contributed by atoms with E-state index in [1.165, 1.54) is 135 Å². The third kappa shape index (κ3) is 66.1. The third-order valence-corrected chi connectivity index (χ3v) is 14.1. The average Bonchev–Trinajstić information content (AvgIpc) is 3.48. The van der Waals surface area contributed by atoms with Gasteiger partial charge < -0.3 is 14.2 Å². The summed E-state index contributed by atoms with van der Waals surface area (Å²) in [5.41, 5.74) is 0. The molecular formula is C76H124O6. The molecule has 0 saturated carbocycles. The lowest BCUT2D eigenvalue weighted by Crippen LogP contribution is -2.30. The van der Waals surface area contributed by atoms with Crippen LogP contribution in [0.25, 0.3) is 0 Å². The molecule has 82 heavy (non-hydrogen) atoms. The molecule has 1 unspecified atom stereocenters. The van der Waals surface area contributed by atoms with Crippen molar-refractivity contribution in [2.24, 2.45) is 0 Å². The van der Waals surface area contributed by atoms with Crippen molar-refractivity contribution in [2.75, 3.05) is 13.2 Å². The Morgan fingerprint density at radius 3 is 0.817 bits per heavy atom. The van der Waals surface area contributed by atoms with Crippen molar-refractivity contribution in [3.05, 3.63) is 146 Å². The van der Waals surface area contributed by atoms with Crippen molar-refractivity contribution in [3.63, 3.8) is 0 Å². The lowest BCUT2D eigenvalue weighted by Gasteiger charge is -2.18. The molecule has 0 fully saturated rings. The van der Waals surface area contributed by atoms with Crippen LogP contribution in [0.3, 0.4) is 0 Å². The Balaban J connectivity index is 4.23. The van der Waals surface area contributed by atoms with Gasteiger partial charge in [-0.2, -0.15) is 0 Å². The molecule has 0 N–H and O–H groups in total. The number of unbranched alkanes of at least 4 members (excludes halogenated alkanes) is 26. The van der Waals surface area contributed by atoms with E-state index in [1.807, 2.05) is 6.08 Å². The summed E-state index contributed by atoms with van der Waals surface area (Å²) in [7, 11) is 0. The largest absolute Gasteiger partial charge is 0.462 e. The molecule has 0 bridgehead atoms. The number of hydrogen-bond donors (Lipinski definition) is 0. The van der Waals surface area contributed by atoms with E-state index >= 15 is 0 Å². The van der Waals surface area contributed by atoms with Gasteiger partial charge in [-0.25, -0.2) is 0 Å². The Labute approximate surface area is 506 Å². The smallest absolute Gasteiger partial charge is 0.310 e. The van der Waals surface area contributed by atoms with Crippen molar-refractivity contribution in [1.82, 2.24) is 0 Å². The number of carbonyl (C=O) groups is 3. The van der Waals surface area contributed by atoms with E-state index in [9.17, 15) is 14.4 Å². The minimum Gasteiger partial charge on any atom is -0.462 e. The minimum atomic E-state index is -0.840. The fraction of sp³-hybridized carbons (Fsp3) is 0.645. The summed E-state index contributed by atoms with van der Waals surface area (Å²) in [4.78, 5) is 38.2. The van der Waals surface area contributed by atoms with Crippen LogP contribution in [0.2, 0.25) is 0 Å². The molecule has 0 aromatic rings. The summed E-state index contributed by atoms with van der Waals surface area (Å²) >= 11 is 0. The van der Waals surface area contributed by atoms with Gasteiger partial charge >= 0.3 is 17.9 Å². The maximum absolute atomic E-state index is 12.8. The zero-order valence-electron chi connectivity index (χ0n) is 53.2. The average molecular weight is 1130 g/mol. The van der Waals surface area contributed by atoms with Crippen LogP contribution in [-0.2, 0) is 28.6 Å². The maximum Gasteiger partial charge on any atom is 0.310 e. The zero-order chi connectivity index (χ0) is 59.2. The highest BCUT2D eigenvalue weighted by Gasteiger charge is 2.19. The van der Waals surface area contributed by atoms with E-state index in [4.69, 9.17) is 14.2 Å². The van der Waals surface area contributed by atoms with Crippen LogP contribution in [0.15, 0.2) is 146 Å². The molecule has 0 spiro atoms. The number of esters is 3. The summed E-state index contributed by atoms with van der Waals surface area (Å²) in [5.74, 6) is -1.06. The summed E-state index contributed by atoms with van der Waals surface area (Å²) in [6, 6.07) is 0. The highest BCUT2D eigenvalue weighted by molar-refractivity contribution is 5.72. The molecular weight excluding hydrogens is 1010 g/mol. The first-order chi connectivity index (χ1) is 40.5. The fourth-order valence-electron chi connectivity index (χ4n) is 9.11. The lowest BCUT2D eigenvalue weighted by molar-refractivity contribution is -0.166. The summed E-state index contributed by atoms with van der Waals surface area (Å²) in [6.45, 7) is 6.32. The van der Waals surface area contributed by atoms with Crippen LogP contribution in [0, 0.1) is 0 Å². The second-order valence-electron chi connectivity index (χ2n) is 22.0. The molecule has 464 valence electrons. The molecule has 0 aromatic heterocycles. The molecule has 0 aliphatic carbocycles. The first-order valence-corrected chi connectivity index (χ1v) is 33.8. The first kappa shape index (κ1) is 77.3. The summed E-state index contributed by atoms with van der Waals surface area (Å²) < 4.78 is 16.8. The highest BCUT2D eigenvalue weighted by Crippen LogP contribution is 2.16. The van der Waals surface area contributed by atoms with E-state index in [-0.39, 0.29) is 31.6 Å². The normalized spacial score (nSPS) is 13.1. The maximum atomic E-state index is 12.8. The van der Waals surface area contributed by atoms with Gasteiger partial charge in [0.05, 0.1) is 6.42 Å². The Morgan fingerprint density at radius 2 is 0.512 bits per heavy atom. The van der Waals surface area contributed by atoms with Crippen molar-refractivity contribution >= 4 is 17.9 Å². The monoisotopic (exact) mass is 1130 g/mol. The molecule has 0 saturated heterocycles. The molecule has 0 rings (SSSR count). The first-order valence-electron chi connectivity index (χ1n) is 33.8. The fourth-order valence-corrected chi connectivity index (χ4v) is 9.11. The molecule has 0 heterocycles. The van der Waals surface area contributed by atoms with Gasteiger partial charge in [-0.15, -0.1) is 0 Å². The number of ether oxygens (including phenoxy) is 3. The predicted molar refractivity (Wildman–Crippen MR) is 357 cm³/mol. The second kappa shape index (κ2) is 68.8. The third-order valence-electron chi connectivity index (χ3n) is 14.1. The van der Waals surface area contributed by atoms with Gasteiger partial charge in [-0.1, -0.05) is 301 Å². The van der Waals surface area contributed by atoms with E-state index < -0.39 is 12.1 Å². The van der Waals surface area contributed by atoms with Crippen molar-refractivity contribution in [1.29, 1.82) is 0 Å². The molecule has 1 atom stereocenters. The van der Waals surface area contributed by atoms with Crippen molar-refractivity contribution in [2.45, 2.75) is 303 Å². The van der Waals surface area contributed by atoms with Crippen LogP contribution >= 0.6 is 0 Å². The van der Waals surface area contributed by atoms with Crippen molar-refractivity contribution in [3.8, 4) is 0 Å². The molecule has 6 heteroatoms. The minimum absolute atomic E-state index is 0.0921. The molecule has 0 amide bonds. The number of carbonyl (C=O) groups excluding carboxylic acids is 3. The van der Waals surface area contributed by atoms with Crippen LogP contribution in [0.1, 0.15) is 297 Å². The van der Waals surface area contributed by atoms with Gasteiger partial charge in [0.25, 0.3) is 0 Å². The number of hydrogen-bond acceptors (Lipinski definition) is 6. The predicted octanol–water partition coefficient (Wildman–Crippen LogP) is 23.5. The van der Waals surface area contributed by atoms with Gasteiger partial charge in [0.2, 0.25) is 0 Å². The molecule has 0 radical (unpaired) electrons. The lowest BCUT2D eigenvalue weighted by atomic mass is 10.0. The molecule has 0 aromatic carbocycles. The Kier molecular flexibility index (Phi) is 64.8. The van der Waals surface area contributed by atoms with Crippen molar-refractivity contribution < 1.29 is 28.6 Å². The standard InChI is InChI=1S/C76H124O6/c1-4-7-10-13-16-19-22-25-28-29-30-31-32-33-34-35-36-37-38-39-40-41-42-43-44-45-46-47-49-51-54-57-60-63-66-69-75(78)81-72-73(71-80-74(77)68-65-62-59-56-53-50-27-24-21-18-15-12-9-6-3)82-76(79)70-67-64-61-58-55-52-48-26-23-20-17-14-11-8-5-2/h7-8,10-11,16-17,19-20,24-28,30-31,33-34,36-37,48,55,58,64,67,73H,4-6,9,12-15,18,21-23,29,32,35,38-47,49-54,56-57,59-63,65-66,68-72H2,1-3H3/b10-7-,11-8-,19-16-,20-17-,27-24-,28-25-,31-30-,34-33-,37-36-,48-26-,58-55-,67-64-. The van der Waals surface area contributed by atoms with E-state index in [0.29, 0.717) is 12.8 Å². The van der Waals surface area contributed by atoms with E-state index in [0.717, 1.165) is 122 Å².